The molecule has 4 aliphatic carbocycles. The maximum atomic E-state index is 14.9. The molecular weight excluding hydrogens is 449 g/mol. The van der Waals surface area contributed by atoms with Crippen LogP contribution >= 0.6 is 0 Å². The lowest BCUT2D eigenvalue weighted by atomic mass is 9.69. The number of anilines is 1. The zero-order valence-corrected chi connectivity index (χ0v) is 20.9. The number of benzene rings is 1. The van der Waals surface area contributed by atoms with Gasteiger partial charge in [-0.1, -0.05) is 13.8 Å². The van der Waals surface area contributed by atoms with Gasteiger partial charge in [-0.3, -0.25) is 9.59 Å². The van der Waals surface area contributed by atoms with Crippen LogP contribution in [0.3, 0.4) is 0 Å². The molecule has 4 saturated carbocycles. The van der Waals surface area contributed by atoms with E-state index in [1.54, 1.807) is 11.8 Å². The summed E-state index contributed by atoms with van der Waals surface area (Å²) in [6, 6.07) is 3.73. The van der Waals surface area contributed by atoms with Crippen molar-refractivity contribution in [3.63, 3.8) is 0 Å². The van der Waals surface area contributed by atoms with Crippen LogP contribution in [0.5, 0.6) is 0 Å². The number of carbonyl (C=O) groups is 3. The first-order valence-electron chi connectivity index (χ1n) is 12.9. The third-order valence-corrected chi connectivity index (χ3v) is 9.00. The summed E-state index contributed by atoms with van der Waals surface area (Å²) in [6.07, 6.45) is 6.82. The molecule has 8 heteroatoms. The molecule has 190 valence electrons. The molecule has 5 fully saturated rings. The normalized spacial score (nSPS) is 35.1. The quantitative estimate of drug-likeness (QED) is 0.591. The van der Waals surface area contributed by atoms with Gasteiger partial charge in [-0.2, -0.15) is 0 Å². The number of piperidine rings is 1. The van der Waals surface area contributed by atoms with E-state index < -0.39 is 11.8 Å². The third-order valence-electron chi connectivity index (χ3n) is 9.00. The minimum Gasteiger partial charge on any atom is -0.466 e. The summed E-state index contributed by atoms with van der Waals surface area (Å²) in [5.41, 5.74) is 0.380. The molecule has 0 aromatic heterocycles. The Morgan fingerprint density at radius 3 is 2.69 bits per heavy atom. The zero-order chi connectivity index (χ0) is 25.0. The molecule has 1 aromatic carbocycles. The first-order valence-corrected chi connectivity index (χ1v) is 12.9. The minimum absolute atomic E-state index is 0.0487. The molecule has 7 nitrogen and oxygen atoms in total. The molecule has 5 aliphatic rings. The second-order valence-corrected chi connectivity index (χ2v) is 11.9. The van der Waals surface area contributed by atoms with Crippen molar-refractivity contribution in [3.8, 4) is 0 Å². The van der Waals surface area contributed by atoms with E-state index in [1.165, 1.54) is 18.6 Å². The van der Waals surface area contributed by atoms with Gasteiger partial charge in [-0.15, -0.1) is 0 Å². The number of nitrogens with zero attached hydrogens (tertiary/aromatic N) is 1. The molecule has 0 radical (unpaired) electrons. The smallest absolute Gasteiger partial charge is 0.319 e. The van der Waals surface area contributed by atoms with Crippen molar-refractivity contribution in [1.29, 1.82) is 0 Å². The lowest BCUT2D eigenvalue weighted by Gasteiger charge is -2.39. The maximum Gasteiger partial charge on any atom is 0.319 e. The number of urea groups is 1. The van der Waals surface area contributed by atoms with E-state index in [0.29, 0.717) is 31.9 Å². The van der Waals surface area contributed by atoms with Gasteiger partial charge in [0.2, 0.25) is 0 Å². The monoisotopic (exact) mass is 485 g/mol. The highest BCUT2D eigenvalue weighted by atomic mass is 19.1. The van der Waals surface area contributed by atoms with Crippen LogP contribution in [0.25, 0.3) is 0 Å². The minimum atomic E-state index is -0.655. The van der Waals surface area contributed by atoms with Crippen LogP contribution in [0.1, 0.15) is 76.1 Å². The summed E-state index contributed by atoms with van der Waals surface area (Å²) in [5, 5.41) is 5.91. The van der Waals surface area contributed by atoms with Crippen LogP contribution in [-0.4, -0.2) is 48.0 Å². The molecule has 3 amide bonds. The Morgan fingerprint density at radius 2 is 1.97 bits per heavy atom. The number of rotatable bonds is 5. The summed E-state index contributed by atoms with van der Waals surface area (Å²) in [4.78, 5) is 39.6. The Bertz CT molecular complexity index is 1060. The Hall–Kier alpha value is -2.64. The van der Waals surface area contributed by atoms with Gasteiger partial charge >= 0.3 is 12.0 Å². The molecule has 5 atom stereocenters. The third kappa shape index (κ3) is 4.19. The number of hydrogen-bond acceptors (Lipinski definition) is 4. The first kappa shape index (κ1) is 24.1. The molecule has 1 heterocycles. The van der Waals surface area contributed by atoms with Crippen LogP contribution in [0.4, 0.5) is 14.9 Å². The fraction of sp³-hybridized carbons (Fsp3) is 0.667. The lowest BCUT2D eigenvalue weighted by Crippen LogP contribution is -2.54. The van der Waals surface area contributed by atoms with Gasteiger partial charge in [0.15, 0.2) is 0 Å². The lowest BCUT2D eigenvalue weighted by molar-refractivity contribution is -0.149. The molecule has 6 rings (SSSR count). The summed E-state index contributed by atoms with van der Waals surface area (Å²) < 4.78 is 20.0. The molecule has 2 unspecified atom stereocenters. The van der Waals surface area contributed by atoms with E-state index in [-0.39, 0.29) is 52.0 Å². The highest BCUT2D eigenvalue weighted by molar-refractivity contribution is 5.96. The maximum absolute atomic E-state index is 14.9. The highest BCUT2D eigenvalue weighted by Crippen LogP contribution is 2.71. The molecule has 0 spiro atoms. The van der Waals surface area contributed by atoms with E-state index in [4.69, 9.17) is 4.74 Å². The molecule has 35 heavy (non-hydrogen) atoms. The fourth-order valence-corrected chi connectivity index (χ4v) is 8.05. The van der Waals surface area contributed by atoms with Crippen LogP contribution in [0.15, 0.2) is 18.2 Å². The van der Waals surface area contributed by atoms with Crippen molar-refractivity contribution in [2.75, 3.05) is 25.0 Å². The van der Waals surface area contributed by atoms with Crippen molar-refractivity contribution in [3.05, 3.63) is 29.6 Å². The van der Waals surface area contributed by atoms with E-state index >= 15 is 0 Å². The van der Waals surface area contributed by atoms with E-state index in [1.807, 2.05) is 0 Å². The van der Waals surface area contributed by atoms with Gasteiger partial charge in [0.1, 0.15) is 5.82 Å². The number of likely N-dealkylation sites (tertiary alicyclic amines) is 1. The molecular formula is C27H36FN3O4. The summed E-state index contributed by atoms with van der Waals surface area (Å²) >= 11 is 0. The van der Waals surface area contributed by atoms with Gasteiger partial charge in [0.25, 0.3) is 5.91 Å². The standard InChI is InChI=1S/C27H36FN3O4/c1-4-35-23(33)19-6-5-9-31(14-19)22(32)18-7-8-21(20(28)10-18)29-24(34)30-27-13-17-11-25(2,16-27)15-26(27,3)12-17/h7-8,10,17,19H,4-6,9,11-16H2,1-3H3,(H2,29,30,34)/t17?,19-,25-,26+,27?/m0/s1. The van der Waals surface area contributed by atoms with Crippen LogP contribution < -0.4 is 10.6 Å². The second-order valence-electron chi connectivity index (χ2n) is 11.9. The fourth-order valence-electron chi connectivity index (χ4n) is 8.05. The number of halogens is 1. The van der Waals surface area contributed by atoms with E-state index in [2.05, 4.69) is 24.5 Å². The van der Waals surface area contributed by atoms with E-state index in [0.717, 1.165) is 31.7 Å². The first-order chi connectivity index (χ1) is 16.6. The van der Waals surface area contributed by atoms with Crippen molar-refractivity contribution >= 4 is 23.6 Å². The van der Waals surface area contributed by atoms with Gasteiger partial charge in [-0.25, -0.2) is 9.18 Å². The summed E-state index contributed by atoms with van der Waals surface area (Å²) in [7, 11) is 0. The van der Waals surface area contributed by atoms with Gasteiger partial charge in [-0.05, 0) is 86.8 Å². The molecule has 1 aromatic rings. The van der Waals surface area contributed by atoms with Crippen LogP contribution in [-0.2, 0) is 9.53 Å². The molecule has 4 bridgehead atoms. The Morgan fingerprint density at radius 1 is 1.17 bits per heavy atom. The number of carbonyl (C=O) groups excluding carboxylic acids is 3. The predicted octanol–water partition coefficient (Wildman–Crippen LogP) is 4.72. The predicted molar refractivity (Wildman–Crippen MR) is 129 cm³/mol. The summed E-state index contributed by atoms with van der Waals surface area (Å²) in [6.45, 7) is 7.44. The Labute approximate surface area is 206 Å². The van der Waals surface area contributed by atoms with Crippen molar-refractivity contribution in [2.45, 2.75) is 71.3 Å². The number of nitrogens with one attached hydrogen (secondary N) is 2. The van der Waals surface area contributed by atoms with Gasteiger partial charge in [0, 0.05) is 24.2 Å². The molecule has 2 N–H and O–H groups in total. The highest BCUT2D eigenvalue weighted by Gasteiger charge is 2.68. The number of esters is 1. The number of hydrogen-bond donors (Lipinski definition) is 2. The Kier molecular flexibility index (Phi) is 5.84. The van der Waals surface area contributed by atoms with Crippen molar-refractivity contribution in [2.24, 2.45) is 22.7 Å². The second kappa shape index (κ2) is 8.49. The van der Waals surface area contributed by atoms with Crippen LogP contribution in [0.2, 0.25) is 0 Å². The van der Waals surface area contributed by atoms with Crippen molar-refractivity contribution < 1.29 is 23.5 Å². The van der Waals surface area contributed by atoms with Gasteiger partial charge in [0.05, 0.1) is 18.2 Å². The molecule has 1 aliphatic heterocycles. The summed E-state index contributed by atoms with van der Waals surface area (Å²) in [5.74, 6) is -0.987. The van der Waals surface area contributed by atoms with Gasteiger partial charge < -0.3 is 20.3 Å². The number of ether oxygens (including phenoxy) is 1. The largest absolute Gasteiger partial charge is 0.466 e. The average Bonchev–Trinajstić information content (AvgIpc) is 3.07. The zero-order valence-electron chi connectivity index (χ0n) is 20.9. The SMILES string of the molecule is CCOC(=O)[C@H]1CCCN(C(=O)c2ccc(NC(=O)NC34CC5C[C@](C)(C3)C[C@@]4(C)C5)c(F)c2)C1. The number of amides is 3. The van der Waals surface area contributed by atoms with Crippen molar-refractivity contribution in [1.82, 2.24) is 10.2 Å². The topological polar surface area (TPSA) is 87.7 Å². The molecule has 1 saturated heterocycles. The Balaban J connectivity index is 1.23. The average molecular weight is 486 g/mol. The van der Waals surface area contributed by atoms with E-state index in [9.17, 15) is 18.8 Å². The van der Waals surface area contributed by atoms with Crippen LogP contribution in [0, 0.1) is 28.5 Å².